The molecule has 0 heterocycles. The van der Waals surface area contributed by atoms with Crippen LogP contribution in [0.4, 0.5) is 0 Å². The largest absolute Gasteiger partial charge is 0.465 e. The lowest BCUT2D eigenvalue weighted by atomic mass is 9.87. The van der Waals surface area contributed by atoms with Crippen LogP contribution in [0.1, 0.15) is 40.0 Å². The van der Waals surface area contributed by atoms with Crippen molar-refractivity contribution in [2.45, 2.75) is 46.1 Å². The minimum absolute atomic E-state index is 0.143. The second-order valence-electron chi connectivity index (χ2n) is 5.38. The fourth-order valence-corrected chi connectivity index (χ4v) is 1.83. The van der Waals surface area contributed by atoms with E-state index in [4.69, 9.17) is 10.00 Å². The molecular weight excluding hydrogens is 244 g/mol. The fourth-order valence-electron chi connectivity index (χ4n) is 1.83. The molecule has 0 aromatic rings. The van der Waals surface area contributed by atoms with E-state index in [1.807, 2.05) is 4.90 Å². The number of hydrogen-bond acceptors (Lipinski definition) is 5. The lowest BCUT2D eigenvalue weighted by molar-refractivity contribution is -0.158. The second kappa shape index (κ2) is 6.67. The van der Waals surface area contributed by atoms with Crippen molar-refractivity contribution in [3.63, 3.8) is 0 Å². The zero-order valence-electron chi connectivity index (χ0n) is 11.9. The van der Waals surface area contributed by atoms with E-state index in [0.717, 1.165) is 12.8 Å². The zero-order valence-corrected chi connectivity index (χ0v) is 11.9. The van der Waals surface area contributed by atoms with Crippen LogP contribution in [-0.4, -0.2) is 42.4 Å². The summed E-state index contributed by atoms with van der Waals surface area (Å²) in [4.78, 5) is 26.0. The Morgan fingerprint density at radius 2 is 2.05 bits per heavy atom. The number of nitriles is 1. The van der Waals surface area contributed by atoms with Crippen molar-refractivity contribution in [1.82, 2.24) is 4.90 Å². The first kappa shape index (κ1) is 15.6. The first-order chi connectivity index (χ1) is 8.93. The Balaban J connectivity index is 2.60. The van der Waals surface area contributed by atoms with Crippen LogP contribution in [0.2, 0.25) is 0 Å². The molecule has 0 unspecified atom stereocenters. The van der Waals surface area contributed by atoms with Gasteiger partial charge < -0.3 is 4.74 Å². The molecule has 0 aliphatic heterocycles. The quantitative estimate of drug-likeness (QED) is 0.492. The van der Waals surface area contributed by atoms with E-state index in [-0.39, 0.29) is 18.9 Å². The normalized spacial score (nSPS) is 15.1. The Bertz CT molecular complexity index is 381. The highest BCUT2D eigenvalue weighted by Crippen LogP contribution is 2.28. The minimum Gasteiger partial charge on any atom is -0.465 e. The van der Waals surface area contributed by atoms with Gasteiger partial charge in [-0.3, -0.25) is 14.5 Å². The molecule has 5 heteroatoms. The van der Waals surface area contributed by atoms with Gasteiger partial charge in [-0.25, -0.2) is 0 Å². The maximum Gasteiger partial charge on any atom is 0.319 e. The highest BCUT2D eigenvalue weighted by Gasteiger charge is 2.40. The van der Waals surface area contributed by atoms with E-state index in [2.05, 4.69) is 6.07 Å². The van der Waals surface area contributed by atoms with E-state index >= 15 is 0 Å². The topological polar surface area (TPSA) is 70.4 Å². The van der Waals surface area contributed by atoms with Gasteiger partial charge in [-0.2, -0.15) is 5.26 Å². The fraction of sp³-hybridized carbons (Fsp3) is 0.786. The molecular formula is C14H22N2O3. The molecule has 1 rings (SSSR count). The summed E-state index contributed by atoms with van der Waals surface area (Å²) in [7, 11) is 0. The van der Waals surface area contributed by atoms with Crippen LogP contribution in [-0.2, 0) is 14.3 Å². The highest BCUT2D eigenvalue weighted by atomic mass is 16.5. The number of rotatable bonds is 8. The van der Waals surface area contributed by atoms with Crippen molar-refractivity contribution in [3.05, 3.63) is 0 Å². The number of ketones is 1. The Kier molecular flexibility index (Phi) is 5.49. The molecule has 0 N–H and O–H groups in total. The molecule has 1 aliphatic carbocycles. The van der Waals surface area contributed by atoms with Gasteiger partial charge in [0.2, 0.25) is 0 Å². The van der Waals surface area contributed by atoms with Crippen molar-refractivity contribution < 1.29 is 14.3 Å². The number of ether oxygens (including phenoxy) is 1. The second-order valence-corrected chi connectivity index (χ2v) is 5.38. The van der Waals surface area contributed by atoms with Gasteiger partial charge in [0.15, 0.2) is 5.78 Å². The molecule has 0 bridgehead atoms. The maximum absolute atomic E-state index is 12.3. The number of hydrogen-bond donors (Lipinski definition) is 0. The molecule has 0 amide bonds. The maximum atomic E-state index is 12.3. The van der Waals surface area contributed by atoms with Gasteiger partial charge in [-0.15, -0.1) is 0 Å². The third-order valence-corrected chi connectivity index (χ3v) is 3.40. The summed E-state index contributed by atoms with van der Waals surface area (Å²) in [5.74, 6) is -0.619. The molecule has 1 saturated carbocycles. The first-order valence-corrected chi connectivity index (χ1v) is 6.75. The molecule has 1 aliphatic rings. The molecule has 0 atom stereocenters. The van der Waals surface area contributed by atoms with Crippen LogP contribution in [0.3, 0.4) is 0 Å². The van der Waals surface area contributed by atoms with Crippen molar-refractivity contribution in [3.8, 4) is 6.07 Å². The van der Waals surface area contributed by atoms with Gasteiger partial charge >= 0.3 is 5.97 Å². The zero-order chi connectivity index (χ0) is 14.5. The monoisotopic (exact) mass is 266 g/mol. The van der Waals surface area contributed by atoms with E-state index in [9.17, 15) is 9.59 Å². The number of Topliss-reactive ketones (excluding diaryl/α,β-unsaturated/α-hetero) is 1. The highest BCUT2D eigenvalue weighted by molar-refractivity contribution is 6.03. The van der Waals surface area contributed by atoms with Gasteiger partial charge in [0.25, 0.3) is 0 Å². The molecule has 0 spiro atoms. The Morgan fingerprint density at radius 1 is 1.42 bits per heavy atom. The van der Waals surface area contributed by atoms with E-state index in [1.54, 1.807) is 20.8 Å². The summed E-state index contributed by atoms with van der Waals surface area (Å²) in [5.41, 5.74) is -1.12. The Morgan fingerprint density at radius 3 is 2.53 bits per heavy atom. The summed E-state index contributed by atoms with van der Waals surface area (Å²) in [6, 6.07) is 2.49. The van der Waals surface area contributed by atoms with Crippen molar-refractivity contribution in [2.24, 2.45) is 5.41 Å². The lowest BCUT2D eigenvalue weighted by Crippen LogP contribution is -2.43. The van der Waals surface area contributed by atoms with Crippen LogP contribution in [0, 0.1) is 16.7 Å². The SMILES string of the molecule is CCOC(=O)C(C)(C)C(=O)CN(CCC#N)C1CC1. The molecule has 0 aromatic carbocycles. The standard InChI is InChI=1S/C14H22N2O3/c1-4-19-13(18)14(2,3)12(17)10-16(9-5-8-15)11-6-7-11/h11H,4-7,9-10H2,1-3H3. The van der Waals surface area contributed by atoms with Gasteiger partial charge in [0.1, 0.15) is 5.41 Å². The third kappa shape index (κ3) is 4.32. The van der Waals surface area contributed by atoms with E-state index in [0.29, 0.717) is 19.0 Å². The third-order valence-electron chi connectivity index (χ3n) is 3.40. The lowest BCUT2D eigenvalue weighted by Gasteiger charge is -2.26. The molecule has 106 valence electrons. The summed E-state index contributed by atoms with van der Waals surface area (Å²) in [6.07, 6.45) is 2.54. The summed E-state index contributed by atoms with van der Waals surface area (Å²) in [5, 5.41) is 8.63. The number of nitrogens with zero attached hydrogens (tertiary/aromatic N) is 2. The van der Waals surface area contributed by atoms with Crippen LogP contribution >= 0.6 is 0 Å². The number of carbonyl (C=O) groups is 2. The summed E-state index contributed by atoms with van der Waals surface area (Å²) >= 11 is 0. The van der Waals surface area contributed by atoms with Crippen molar-refractivity contribution >= 4 is 11.8 Å². The molecule has 5 nitrogen and oxygen atoms in total. The first-order valence-electron chi connectivity index (χ1n) is 6.75. The van der Waals surface area contributed by atoms with Gasteiger partial charge in [0.05, 0.1) is 19.2 Å². The minimum atomic E-state index is -1.12. The van der Waals surface area contributed by atoms with E-state index in [1.165, 1.54) is 0 Å². The van der Waals surface area contributed by atoms with Crippen molar-refractivity contribution in [2.75, 3.05) is 19.7 Å². The number of carbonyl (C=O) groups excluding carboxylic acids is 2. The molecule has 0 aromatic heterocycles. The van der Waals surface area contributed by atoms with Crippen molar-refractivity contribution in [1.29, 1.82) is 5.26 Å². The van der Waals surface area contributed by atoms with Gasteiger partial charge in [-0.1, -0.05) is 0 Å². The van der Waals surface area contributed by atoms with Gasteiger partial charge in [-0.05, 0) is 33.6 Å². The molecule has 0 saturated heterocycles. The summed E-state index contributed by atoms with van der Waals surface area (Å²) in [6.45, 7) is 6.01. The van der Waals surface area contributed by atoms with Crippen LogP contribution in [0.15, 0.2) is 0 Å². The number of esters is 1. The van der Waals surface area contributed by atoms with Crippen LogP contribution in [0.25, 0.3) is 0 Å². The molecule has 1 fully saturated rings. The van der Waals surface area contributed by atoms with Crippen LogP contribution in [0.5, 0.6) is 0 Å². The average Bonchev–Trinajstić information content (AvgIpc) is 3.18. The predicted octanol–water partition coefficient (Wildman–Crippen LogP) is 1.52. The Hall–Kier alpha value is -1.41. The summed E-state index contributed by atoms with van der Waals surface area (Å²) < 4.78 is 4.94. The smallest absolute Gasteiger partial charge is 0.319 e. The molecule has 0 radical (unpaired) electrons. The molecule has 19 heavy (non-hydrogen) atoms. The van der Waals surface area contributed by atoms with Crippen LogP contribution < -0.4 is 0 Å². The predicted molar refractivity (Wildman–Crippen MR) is 70.2 cm³/mol. The Labute approximate surface area is 114 Å². The van der Waals surface area contributed by atoms with E-state index < -0.39 is 11.4 Å². The van der Waals surface area contributed by atoms with Gasteiger partial charge in [0, 0.05) is 19.0 Å². The average molecular weight is 266 g/mol.